The highest BCUT2D eigenvalue weighted by Gasteiger charge is 2.06. The van der Waals surface area contributed by atoms with Crippen LogP contribution >= 0.6 is 0 Å². The van der Waals surface area contributed by atoms with Gasteiger partial charge in [0.1, 0.15) is 17.7 Å². The molecule has 0 atom stereocenters. The van der Waals surface area contributed by atoms with Crippen molar-refractivity contribution in [2.45, 2.75) is 46.2 Å². The maximum Gasteiger partial charge on any atom is 0.191 e. The summed E-state index contributed by atoms with van der Waals surface area (Å²) in [6, 6.07) is 8.11. The van der Waals surface area contributed by atoms with E-state index < -0.39 is 0 Å². The van der Waals surface area contributed by atoms with E-state index in [1.807, 2.05) is 6.07 Å². The van der Waals surface area contributed by atoms with Crippen LogP contribution in [0, 0.1) is 6.92 Å². The zero-order valence-electron chi connectivity index (χ0n) is 15.3. The normalized spacial score (nSPS) is 11.4. The van der Waals surface area contributed by atoms with Crippen molar-refractivity contribution in [3.8, 4) is 5.75 Å². The molecule has 0 bridgehead atoms. The summed E-state index contributed by atoms with van der Waals surface area (Å²) in [5.74, 6) is 1.65. The lowest BCUT2D eigenvalue weighted by molar-refractivity contribution is 0.303. The highest BCUT2D eigenvalue weighted by atomic mass is 16.5. The summed E-state index contributed by atoms with van der Waals surface area (Å²) in [4.78, 5) is 4.23. The lowest BCUT2D eigenvalue weighted by Gasteiger charge is -2.15. The molecule has 0 amide bonds. The SMILES string of the molecule is CCCCCOc1cc(C)ccc1CNC(=NC)NCc1ccon1. The van der Waals surface area contributed by atoms with Crippen LogP contribution in [0.2, 0.25) is 0 Å². The highest BCUT2D eigenvalue weighted by Crippen LogP contribution is 2.20. The summed E-state index contributed by atoms with van der Waals surface area (Å²) in [5, 5.41) is 10.4. The number of aryl methyl sites for hydroxylation is 1. The third-order valence-electron chi connectivity index (χ3n) is 3.83. The van der Waals surface area contributed by atoms with Crippen molar-refractivity contribution in [2.24, 2.45) is 4.99 Å². The molecule has 0 radical (unpaired) electrons. The van der Waals surface area contributed by atoms with Gasteiger partial charge in [-0.1, -0.05) is 37.1 Å². The molecule has 0 aliphatic rings. The molecule has 6 nitrogen and oxygen atoms in total. The Morgan fingerprint density at radius 1 is 1.20 bits per heavy atom. The van der Waals surface area contributed by atoms with E-state index in [0.717, 1.165) is 30.0 Å². The van der Waals surface area contributed by atoms with Gasteiger partial charge in [-0.15, -0.1) is 0 Å². The van der Waals surface area contributed by atoms with Gasteiger partial charge in [-0.25, -0.2) is 0 Å². The Kier molecular flexibility index (Phi) is 7.82. The van der Waals surface area contributed by atoms with Crippen LogP contribution in [-0.4, -0.2) is 24.8 Å². The summed E-state index contributed by atoms with van der Waals surface area (Å²) in [6.07, 6.45) is 5.02. The Hall–Kier alpha value is -2.50. The zero-order valence-corrected chi connectivity index (χ0v) is 15.3. The molecule has 0 saturated carbocycles. The largest absolute Gasteiger partial charge is 0.493 e. The second kappa shape index (κ2) is 10.4. The molecule has 0 fully saturated rings. The lowest BCUT2D eigenvalue weighted by Crippen LogP contribution is -2.36. The van der Waals surface area contributed by atoms with Crippen LogP contribution in [0.15, 0.2) is 40.0 Å². The van der Waals surface area contributed by atoms with Crippen molar-refractivity contribution in [1.29, 1.82) is 0 Å². The predicted octanol–water partition coefficient (Wildman–Crippen LogP) is 3.42. The Morgan fingerprint density at radius 2 is 2.04 bits per heavy atom. The molecule has 0 aliphatic heterocycles. The van der Waals surface area contributed by atoms with Crippen molar-refractivity contribution >= 4 is 5.96 Å². The molecule has 2 rings (SSSR count). The van der Waals surface area contributed by atoms with Gasteiger partial charge in [-0.2, -0.15) is 0 Å². The first-order chi connectivity index (χ1) is 12.2. The van der Waals surface area contributed by atoms with Crippen LogP contribution in [0.4, 0.5) is 0 Å². The Balaban J connectivity index is 1.89. The Bertz CT molecular complexity index is 653. The first-order valence-electron chi connectivity index (χ1n) is 8.79. The van der Waals surface area contributed by atoms with Crippen LogP contribution in [0.25, 0.3) is 0 Å². The topological polar surface area (TPSA) is 71.7 Å². The van der Waals surface area contributed by atoms with E-state index in [-0.39, 0.29) is 0 Å². The van der Waals surface area contributed by atoms with E-state index in [1.54, 1.807) is 13.3 Å². The van der Waals surface area contributed by atoms with Gasteiger partial charge in [0.2, 0.25) is 0 Å². The molecule has 0 unspecified atom stereocenters. The van der Waals surface area contributed by atoms with Gasteiger partial charge in [0, 0.05) is 25.2 Å². The summed E-state index contributed by atoms with van der Waals surface area (Å²) in [7, 11) is 1.75. The van der Waals surface area contributed by atoms with Crippen LogP contribution in [-0.2, 0) is 13.1 Å². The molecule has 6 heteroatoms. The molecule has 25 heavy (non-hydrogen) atoms. The number of hydrogen-bond acceptors (Lipinski definition) is 4. The zero-order chi connectivity index (χ0) is 17.9. The molecular weight excluding hydrogens is 316 g/mol. The minimum atomic E-state index is 0.560. The molecule has 0 saturated heterocycles. The van der Waals surface area contributed by atoms with Crippen molar-refractivity contribution in [3.63, 3.8) is 0 Å². The van der Waals surface area contributed by atoms with E-state index in [1.165, 1.54) is 18.4 Å². The second-order valence-electron chi connectivity index (χ2n) is 5.94. The molecular formula is C19H28N4O2. The lowest BCUT2D eigenvalue weighted by atomic mass is 10.1. The van der Waals surface area contributed by atoms with Crippen LogP contribution in [0.5, 0.6) is 5.75 Å². The predicted molar refractivity (Wildman–Crippen MR) is 99.7 cm³/mol. The average molecular weight is 344 g/mol. The van der Waals surface area contributed by atoms with Gasteiger partial charge in [-0.3, -0.25) is 4.99 Å². The second-order valence-corrected chi connectivity index (χ2v) is 5.94. The number of unbranched alkanes of at least 4 members (excludes halogenated alkanes) is 2. The van der Waals surface area contributed by atoms with Crippen LogP contribution in [0.3, 0.4) is 0 Å². The number of ether oxygens (including phenoxy) is 1. The van der Waals surface area contributed by atoms with Crippen molar-refractivity contribution < 1.29 is 9.26 Å². The Morgan fingerprint density at radius 3 is 2.76 bits per heavy atom. The maximum atomic E-state index is 5.98. The Labute approximate surface area is 149 Å². The molecule has 0 spiro atoms. The standard InChI is InChI=1S/C19H28N4O2/c1-4-5-6-10-24-18-12-15(2)7-8-16(18)13-21-19(20-3)22-14-17-9-11-25-23-17/h7-9,11-12H,4-6,10,13-14H2,1-3H3,(H2,20,21,22). The summed E-state index contributed by atoms with van der Waals surface area (Å²) in [5.41, 5.74) is 3.15. The van der Waals surface area contributed by atoms with Gasteiger partial charge in [0.05, 0.1) is 13.2 Å². The third-order valence-corrected chi connectivity index (χ3v) is 3.83. The maximum absolute atomic E-state index is 5.98. The molecule has 1 aromatic heterocycles. The van der Waals surface area contributed by atoms with E-state index >= 15 is 0 Å². The smallest absolute Gasteiger partial charge is 0.191 e. The van der Waals surface area contributed by atoms with Gasteiger partial charge in [0.25, 0.3) is 0 Å². The molecule has 1 heterocycles. The first-order valence-corrected chi connectivity index (χ1v) is 8.79. The highest BCUT2D eigenvalue weighted by molar-refractivity contribution is 5.79. The van der Waals surface area contributed by atoms with Gasteiger partial charge in [0.15, 0.2) is 5.96 Å². The fourth-order valence-corrected chi connectivity index (χ4v) is 2.38. The average Bonchev–Trinajstić information content (AvgIpc) is 3.14. The number of hydrogen-bond donors (Lipinski definition) is 2. The van der Waals surface area contributed by atoms with E-state index in [2.05, 4.69) is 52.8 Å². The van der Waals surface area contributed by atoms with E-state index in [4.69, 9.17) is 9.26 Å². The fraction of sp³-hybridized carbons (Fsp3) is 0.474. The minimum absolute atomic E-state index is 0.560. The number of nitrogens with one attached hydrogen (secondary N) is 2. The van der Waals surface area contributed by atoms with Crippen molar-refractivity contribution in [1.82, 2.24) is 15.8 Å². The summed E-state index contributed by atoms with van der Waals surface area (Å²) in [6.45, 7) is 6.23. The molecule has 2 aromatic rings. The van der Waals surface area contributed by atoms with Gasteiger partial charge < -0.3 is 19.9 Å². The number of aliphatic imine (C=N–C) groups is 1. The van der Waals surface area contributed by atoms with Crippen LogP contribution in [0.1, 0.15) is 43.0 Å². The van der Waals surface area contributed by atoms with E-state index in [9.17, 15) is 0 Å². The number of benzene rings is 1. The molecule has 2 N–H and O–H groups in total. The molecule has 0 aliphatic carbocycles. The van der Waals surface area contributed by atoms with Crippen molar-refractivity contribution in [3.05, 3.63) is 47.3 Å². The number of rotatable bonds is 9. The van der Waals surface area contributed by atoms with Crippen LogP contribution < -0.4 is 15.4 Å². The number of guanidine groups is 1. The summed E-state index contributed by atoms with van der Waals surface area (Å²) < 4.78 is 10.8. The number of aromatic nitrogens is 1. The number of nitrogens with zero attached hydrogens (tertiary/aromatic N) is 2. The van der Waals surface area contributed by atoms with Gasteiger partial charge >= 0.3 is 0 Å². The van der Waals surface area contributed by atoms with Crippen molar-refractivity contribution in [2.75, 3.05) is 13.7 Å². The van der Waals surface area contributed by atoms with E-state index in [0.29, 0.717) is 19.0 Å². The third kappa shape index (κ3) is 6.49. The monoisotopic (exact) mass is 344 g/mol. The quantitative estimate of drug-likeness (QED) is 0.414. The fourth-order valence-electron chi connectivity index (χ4n) is 2.38. The molecule has 136 valence electrons. The first kappa shape index (κ1) is 18.8. The molecule has 1 aromatic carbocycles. The van der Waals surface area contributed by atoms with Gasteiger partial charge in [-0.05, 0) is 25.0 Å². The minimum Gasteiger partial charge on any atom is -0.493 e. The summed E-state index contributed by atoms with van der Waals surface area (Å²) >= 11 is 0.